The SMILES string of the molecule is COc1ccc(NC(=S)N(C)[C@H]2CCS(=O)(=O)C2)cc1. The lowest BCUT2D eigenvalue weighted by molar-refractivity contribution is 0.402. The van der Waals surface area contributed by atoms with Crippen LogP contribution in [0, 0.1) is 0 Å². The van der Waals surface area contributed by atoms with E-state index in [9.17, 15) is 8.42 Å². The Hall–Kier alpha value is -1.34. The molecule has 0 spiro atoms. The first-order valence-corrected chi connectivity index (χ1v) is 8.52. The molecule has 110 valence electrons. The number of anilines is 1. The van der Waals surface area contributed by atoms with Crippen molar-refractivity contribution in [3.8, 4) is 5.75 Å². The number of hydrogen-bond donors (Lipinski definition) is 1. The molecule has 0 bridgehead atoms. The first kappa shape index (κ1) is 15.1. The first-order chi connectivity index (χ1) is 9.41. The number of methoxy groups -OCH3 is 1. The van der Waals surface area contributed by atoms with Crippen molar-refractivity contribution >= 4 is 32.9 Å². The maximum atomic E-state index is 11.5. The highest BCUT2D eigenvalue weighted by atomic mass is 32.2. The van der Waals surface area contributed by atoms with Crippen LogP contribution in [-0.4, -0.2) is 50.1 Å². The lowest BCUT2D eigenvalue weighted by atomic mass is 10.2. The normalized spacial score (nSPS) is 20.4. The molecule has 20 heavy (non-hydrogen) atoms. The zero-order chi connectivity index (χ0) is 14.8. The predicted octanol–water partition coefficient (Wildman–Crippen LogP) is 1.51. The predicted molar refractivity (Wildman–Crippen MR) is 84.0 cm³/mol. The van der Waals surface area contributed by atoms with Gasteiger partial charge in [0, 0.05) is 18.8 Å². The Bertz CT molecular complexity index is 584. The third-order valence-corrected chi connectivity index (χ3v) is 5.56. The summed E-state index contributed by atoms with van der Waals surface area (Å²) in [5.74, 6) is 1.19. The van der Waals surface area contributed by atoms with Crippen LogP contribution >= 0.6 is 12.2 Å². The highest BCUT2D eigenvalue weighted by molar-refractivity contribution is 7.91. The number of sulfone groups is 1. The molecule has 7 heteroatoms. The minimum Gasteiger partial charge on any atom is -0.497 e. The molecule has 0 radical (unpaired) electrons. The van der Waals surface area contributed by atoms with E-state index in [1.54, 1.807) is 7.11 Å². The maximum Gasteiger partial charge on any atom is 0.173 e. The van der Waals surface area contributed by atoms with E-state index in [1.807, 2.05) is 36.2 Å². The number of nitrogens with one attached hydrogen (secondary N) is 1. The number of thiocarbonyl (C=S) groups is 1. The molecule has 1 heterocycles. The molecule has 0 amide bonds. The molecule has 2 rings (SSSR count). The van der Waals surface area contributed by atoms with Gasteiger partial charge in [-0.3, -0.25) is 0 Å². The second kappa shape index (κ2) is 5.97. The topological polar surface area (TPSA) is 58.6 Å². The van der Waals surface area contributed by atoms with E-state index in [1.165, 1.54) is 0 Å². The molecule has 1 atom stereocenters. The van der Waals surface area contributed by atoms with Crippen LogP contribution < -0.4 is 10.1 Å². The van der Waals surface area contributed by atoms with Gasteiger partial charge in [0.1, 0.15) is 5.75 Å². The Morgan fingerprint density at radius 3 is 2.55 bits per heavy atom. The zero-order valence-electron chi connectivity index (χ0n) is 11.5. The molecule has 1 aromatic rings. The van der Waals surface area contributed by atoms with Gasteiger partial charge in [0.2, 0.25) is 0 Å². The molecule has 1 N–H and O–H groups in total. The Morgan fingerprint density at radius 1 is 1.40 bits per heavy atom. The van der Waals surface area contributed by atoms with E-state index < -0.39 is 9.84 Å². The summed E-state index contributed by atoms with van der Waals surface area (Å²) in [6.07, 6.45) is 0.628. The standard InChI is InChI=1S/C13H18N2O3S2/c1-15(11-7-8-20(16,17)9-11)13(19)14-10-3-5-12(18-2)6-4-10/h3-6,11H,7-9H2,1-2H3,(H,14,19)/t11-/m0/s1. The molecule has 1 aliphatic rings. The van der Waals surface area contributed by atoms with Gasteiger partial charge in [-0.15, -0.1) is 0 Å². The van der Waals surface area contributed by atoms with E-state index >= 15 is 0 Å². The van der Waals surface area contributed by atoms with Gasteiger partial charge >= 0.3 is 0 Å². The van der Waals surface area contributed by atoms with E-state index in [4.69, 9.17) is 17.0 Å². The number of hydrogen-bond acceptors (Lipinski definition) is 4. The quantitative estimate of drug-likeness (QED) is 0.854. The average Bonchev–Trinajstić information content (AvgIpc) is 2.79. The number of benzene rings is 1. The number of rotatable bonds is 3. The molecule has 1 fully saturated rings. The molecular weight excluding hydrogens is 296 g/mol. The van der Waals surface area contributed by atoms with E-state index in [0.29, 0.717) is 11.5 Å². The van der Waals surface area contributed by atoms with Crippen LogP contribution in [0.3, 0.4) is 0 Å². The minimum absolute atomic E-state index is 0.0433. The van der Waals surface area contributed by atoms with Crippen LogP contribution in [-0.2, 0) is 9.84 Å². The minimum atomic E-state index is -2.90. The number of ether oxygens (including phenoxy) is 1. The average molecular weight is 314 g/mol. The van der Waals surface area contributed by atoms with Gasteiger partial charge in [-0.1, -0.05) is 0 Å². The molecular formula is C13H18N2O3S2. The van der Waals surface area contributed by atoms with Gasteiger partial charge in [0.05, 0.1) is 18.6 Å². The highest BCUT2D eigenvalue weighted by Gasteiger charge is 2.31. The van der Waals surface area contributed by atoms with Gasteiger partial charge < -0.3 is 15.0 Å². The van der Waals surface area contributed by atoms with E-state index in [0.717, 1.165) is 11.4 Å². The Labute approximate surface area is 124 Å². The summed E-state index contributed by atoms with van der Waals surface area (Å²) in [7, 11) is 0.535. The second-order valence-electron chi connectivity index (χ2n) is 4.83. The van der Waals surface area contributed by atoms with Gasteiger partial charge in [-0.25, -0.2) is 8.42 Å². The summed E-state index contributed by atoms with van der Waals surface area (Å²) in [6, 6.07) is 7.36. The molecule has 5 nitrogen and oxygen atoms in total. The smallest absolute Gasteiger partial charge is 0.173 e. The van der Waals surface area contributed by atoms with Crippen molar-refractivity contribution < 1.29 is 13.2 Å². The van der Waals surface area contributed by atoms with Crippen molar-refractivity contribution in [1.29, 1.82) is 0 Å². The maximum absolute atomic E-state index is 11.5. The Kier molecular flexibility index (Phi) is 4.49. The van der Waals surface area contributed by atoms with Gasteiger partial charge in [-0.2, -0.15) is 0 Å². The lowest BCUT2D eigenvalue weighted by Gasteiger charge is -2.26. The molecule has 0 aliphatic carbocycles. The molecule has 1 saturated heterocycles. The van der Waals surface area contributed by atoms with Gasteiger partial charge in [-0.05, 0) is 42.9 Å². The summed E-state index contributed by atoms with van der Waals surface area (Å²) in [5, 5.41) is 3.63. The third-order valence-electron chi connectivity index (χ3n) is 3.42. The van der Waals surface area contributed by atoms with Crippen LogP contribution in [0.15, 0.2) is 24.3 Å². The first-order valence-electron chi connectivity index (χ1n) is 6.29. The van der Waals surface area contributed by atoms with Crippen molar-refractivity contribution in [3.63, 3.8) is 0 Å². The van der Waals surface area contributed by atoms with Crippen LogP contribution in [0.25, 0.3) is 0 Å². The monoisotopic (exact) mass is 314 g/mol. The zero-order valence-corrected chi connectivity index (χ0v) is 13.1. The van der Waals surface area contributed by atoms with Crippen LogP contribution in [0.1, 0.15) is 6.42 Å². The summed E-state index contributed by atoms with van der Waals surface area (Å²) in [5.41, 5.74) is 0.850. The second-order valence-corrected chi connectivity index (χ2v) is 7.44. The summed E-state index contributed by atoms with van der Waals surface area (Å²) >= 11 is 5.32. The summed E-state index contributed by atoms with van der Waals surface area (Å²) < 4.78 is 28.1. The highest BCUT2D eigenvalue weighted by Crippen LogP contribution is 2.19. The van der Waals surface area contributed by atoms with Crippen molar-refractivity contribution in [2.75, 3.05) is 31.0 Å². The van der Waals surface area contributed by atoms with Crippen LogP contribution in [0.4, 0.5) is 5.69 Å². The van der Waals surface area contributed by atoms with Gasteiger partial charge in [0.25, 0.3) is 0 Å². The van der Waals surface area contributed by atoms with Gasteiger partial charge in [0.15, 0.2) is 14.9 Å². The molecule has 0 unspecified atom stereocenters. The molecule has 1 aliphatic heterocycles. The Morgan fingerprint density at radius 2 is 2.05 bits per heavy atom. The fourth-order valence-corrected chi connectivity index (χ4v) is 4.17. The van der Waals surface area contributed by atoms with E-state index in [-0.39, 0.29) is 17.5 Å². The molecule has 0 saturated carbocycles. The fraction of sp³-hybridized carbons (Fsp3) is 0.462. The molecule has 0 aromatic heterocycles. The van der Waals surface area contributed by atoms with Crippen molar-refractivity contribution in [3.05, 3.63) is 24.3 Å². The third kappa shape index (κ3) is 3.61. The number of nitrogens with zero attached hydrogens (tertiary/aromatic N) is 1. The summed E-state index contributed by atoms with van der Waals surface area (Å²) in [6.45, 7) is 0. The van der Waals surface area contributed by atoms with E-state index in [2.05, 4.69) is 5.32 Å². The van der Waals surface area contributed by atoms with Crippen molar-refractivity contribution in [2.24, 2.45) is 0 Å². The van der Waals surface area contributed by atoms with Crippen LogP contribution in [0.2, 0.25) is 0 Å². The van der Waals surface area contributed by atoms with Crippen LogP contribution in [0.5, 0.6) is 5.75 Å². The van der Waals surface area contributed by atoms with Crippen molar-refractivity contribution in [1.82, 2.24) is 4.90 Å². The largest absolute Gasteiger partial charge is 0.497 e. The lowest BCUT2D eigenvalue weighted by Crippen LogP contribution is -2.40. The summed E-state index contributed by atoms with van der Waals surface area (Å²) in [4.78, 5) is 1.82. The Balaban J connectivity index is 1.97. The van der Waals surface area contributed by atoms with Crippen molar-refractivity contribution in [2.45, 2.75) is 12.5 Å². The molecule has 1 aromatic carbocycles. The fourth-order valence-electron chi connectivity index (χ4n) is 2.13.